The van der Waals surface area contributed by atoms with Gasteiger partial charge in [0.25, 0.3) is 0 Å². The third-order valence-electron chi connectivity index (χ3n) is 7.40. The van der Waals surface area contributed by atoms with Gasteiger partial charge in [-0.2, -0.15) is 4.58 Å². The Balaban J connectivity index is 1.68. The molecule has 0 spiro atoms. The molecule has 0 saturated heterocycles. The Kier molecular flexibility index (Phi) is 8.01. The zero-order chi connectivity index (χ0) is 25.9. The summed E-state index contributed by atoms with van der Waals surface area (Å²) in [7, 11) is -2.91. The highest BCUT2D eigenvalue weighted by atomic mass is 31.1. The van der Waals surface area contributed by atoms with Gasteiger partial charge in [0.05, 0.1) is 12.0 Å². The Bertz CT molecular complexity index is 1230. The molecule has 0 aliphatic carbocycles. The second-order valence-electron chi connectivity index (χ2n) is 10.4. The quantitative estimate of drug-likeness (QED) is 0.252. The van der Waals surface area contributed by atoms with E-state index in [-0.39, 0.29) is 24.0 Å². The van der Waals surface area contributed by atoms with E-state index in [4.69, 9.17) is 9.42 Å². The maximum Gasteiger partial charge on any atom is 0.316 e. The summed E-state index contributed by atoms with van der Waals surface area (Å²) in [5.41, 5.74) is 7.03. The molecule has 0 saturated carbocycles. The van der Waals surface area contributed by atoms with Gasteiger partial charge in [0.2, 0.25) is 5.69 Å². The third-order valence-corrected chi connectivity index (χ3v) is 7.85. The zero-order valence-corrected chi connectivity index (χ0v) is 22.7. The van der Waals surface area contributed by atoms with E-state index in [1.54, 1.807) is 0 Å². The number of hydrogen-bond donors (Lipinski definition) is 2. The van der Waals surface area contributed by atoms with Gasteiger partial charge in [0, 0.05) is 54.1 Å². The summed E-state index contributed by atoms with van der Waals surface area (Å²) < 4.78 is 18.2. The summed E-state index contributed by atoms with van der Waals surface area (Å²) in [6, 6.07) is 17.0. The van der Waals surface area contributed by atoms with Crippen molar-refractivity contribution in [3.8, 4) is 0 Å². The Morgan fingerprint density at radius 3 is 2.42 bits per heavy atom. The van der Waals surface area contributed by atoms with Gasteiger partial charge >= 0.3 is 8.25 Å². The molecule has 192 valence electrons. The second kappa shape index (κ2) is 10.9. The van der Waals surface area contributed by atoms with E-state index >= 15 is 0 Å². The number of benzene rings is 2. The van der Waals surface area contributed by atoms with Crippen molar-refractivity contribution in [2.75, 3.05) is 31.2 Å². The Hall–Kier alpha value is -2.50. The van der Waals surface area contributed by atoms with E-state index in [2.05, 4.69) is 104 Å². The van der Waals surface area contributed by atoms with Crippen molar-refractivity contribution in [2.24, 2.45) is 0 Å². The van der Waals surface area contributed by atoms with Crippen LogP contribution in [0.4, 0.5) is 11.4 Å². The highest BCUT2D eigenvalue weighted by molar-refractivity contribution is 7.32. The summed E-state index contributed by atoms with van der Waals surface area (Å²) >= 11 is 0. The van der Waals surface area contributed by atoms with E-state index in [0.717, 1.165) is 6.54 Å². The SMILES string of the molecule is CC1(C)C(/C=C/C=C2\N(CCCO[PH](=O)O)c3ccccc3C2(C)C)=[N+](CCCO)c2ccccc21. The van der Waals surface area contributed by atoms with Gasteiger partial charge in [-0.1, -0.05) is 56.3 Å². The van der Waals surface area contributed by atoms with Crippen molar-refractivity contribution < 1.29 is 23.7 Å². The van der Waals surface area contributed by atoms with Crippen LogP contribution in [0.3, 0.4) is 0 Å². The molecule has 2 heterocycles. The van der Waals surface area contributed by atoms with Crippen LogP contribution in [0.5, 0.6) is 0 Å². The van der Waals surface area contributed by atoms with E-state index in [1.807, 2.05) is 0 Å². The molecule has 1 unspecified atom stereocenters. The first-order valence-corrected chi connectivity index (χ1v) is 13.9. The van der Waals surface area contributed by atoms with Gasteiger partial charge in [-0.15, -0.1) is 0 Å². The molecular formula is C29H38N2O4P+. The molecule has 36 heavy (non-hydrogen) atoms. The van der Waals surface area contributed by atoms with Gasteiger partial charge in [-0.3, -0.25) is 4.57 Å². The molecule has 0 radical (unpaired) electrons. The molecule has 0 fully saturated rings. The van der Waals surface area contributed by atoms with Gasteiger partial charge < -0.3 is 19.4 Å². The lowest BCUT2D eigenvalue weighted by Gasteiger charge is -2.27. The van der Waals surface area contributed by atoms with Crippen molar-refractivity contribution in [1.29, 1.82) is 0 Å². The minimum Gasteiger partial charge on any atom is -0.396 e. The first-order chi connectivity index (χ1) is 17.2. The predicted octanol–water partition coefficient (Wildman–Crippen LogP) is 5.47. The number of anilines is 1. The first-order valence-electron chi connectivity index (χ1n) is 12.7. The van der Waals surface area contributed by atoms with Crippen LogP contribution in [0.15, 0.2) is 72.5 Å². The number of rotatable bonds is 10. The molecule has 0 aromatic heterocycles. The molecule has 1 atom stereocenters. The summed E-state index contributed by atoms with van der Waals surface area (Å²) in [5, 5.41) is 9.49. The fourth-order valence-electron chi connectivity index (χ4n) is 5.61. The van der Waals surface area contributed by atoms with Crippen LogP contribution in [0.2, 0.25) is 0 Å². The van der Waals surface area contributed by atoms with E-state index in [1.165, 1.54) is 33.9 Å². The lowest BCUT2D eigenvalue weighted by molar-refractivity contribution is -0.438. The number of hydrogen-bond acceptors (Lipinski definition) is 4. The summed E-state index contributed by atoms with van der Waals surface area (Å²) in [6.07, 6.45) is 7.92. The smallest absolute Gasteiger partial charge is 0.316 e. The largest absolute Gasteiger partial charge is 0.396 e. The lowest BCUT2D eigenvalue weighted by atomic mass is 9.81. The van der Waals surface area contributed by atoms with Gasteiger partial charge in [0.15, 0.2) is 12.3 Å². The van der Waals surface area contributed by atoms with Crippen LogP contribution in [-0.4, -0.2) is 46.6 Å². The van der Waals surface area contributed by atoms with E-state index < -0.39 is 8.25 Å². The molecule has 0 amide bonds. The summed E-state index contributed by atoms with van der Waals surface area (Å²) in [4.78, 5) is 11.3. The molecule has 2 aliphatic heterocycles. The van der Waals surface area contributed by atoms with Crippen LogP contribution < -0.4 is 4.90 Å². The Morgan fingerprint density at radius 2 is 1.69 bits per heavy atom. The average Bonchev–Trinajstić information content (AvgIpc) is 3.20. The topological polar surface area (TPSA) is 73.0 Å². The zero-order valence-electron chi connectivity index (χ0n) is 21.7. The molecule has 2 N–H and O–H groups in total. The van der Waals surface area contributed by atoms with Crippen molar-refractivity contribution in [3.05, 3.63) is 83.6 Å². The molecule has 2 aromatic carbocycles. The average molecular weight is 510 g/mol. The normalized spacial score (nSPS) is 19.8. The van der Waals surface area contributed by atoms with Crippen LogP contribution in [0, 0.1) is 0 Å². The Morgan fingerprint density at radius 1 is 1.00 bits per heavy atom. The van der Waals surface area contributed by atoms with Crippen LogP contribution in [0.25, 0.3) is 0 Å². The van der Waals surface area contributed by atoms with Gasteiger partial charge in [-0.05, 0) is 38.0 Å². The van der Waals surface area contributed by atoms with Crippen LogP contribution >= 0.6 is 8.25 Å². The summed E-state index contributed by atoms with van der Waals surface area (Å²) in [5.74, 6) is 0. The summed E-state index contributed by atoms with van der Waals surface area (Å²) in [6.45, 7) is 10.9. The first kappa shape index (κ1) is 26.6. The number of para-hydroxylation sites is 2. The number of aliphatic hydroxyl groups excluding tert-OH is 1. The number of nitrogens with zero attached hydrogens (tertiary/aromatic N) is 2. The van der Waals surface area contributed by atoms with E-state index in [0.29, 0.717) is 19.4 Å². The standard InChI is InChI=1S/C29H37N2O4P/c1-28(2)22-12-5-7-14-24(22)30(18-10-20-32)26(28)16-9-17-27-29(3,4)23-13-6-8-15-25(23)31(27)19-11-21-35-36(33)34/h5-9,12-17,32,36H,10-11,18-21H2,1-4H3/p+1. The van der Waals surface area contributed by atoms with Gasteiger partial charge in [0.1, 0.15) is 0 Å². The molecule has 7 heteroatoms. The highest BCUT2D eigenvalue weighted by Crippen LogP contribution is 2.47. The van der Waals surface area contributed by atoms with Crippen molar-refractivity contribution in [1.82, 2.24) is 0 Å². The molecule has 6 nitrogen and oxygen atoms in total. The molecule has 0 bridgehead atoms. The molecule has 2 aliphatic rings. The number of allylic oxidation sites excluding steroid dienone is 4. The highest BCUT2D eigenvalue weighted by Gasteiger charge is 2.44. The van der Waals surface area contributed by atoms with E-state index in [9.17, 15) is 9.67 Å². The van der Waals surface area contributed by atoms with Crippen molar-refractivity contribution in [2.45, 2.75) is 51.4 Å². The fraction of sp³-hybridized carbons (Fsp3) is 0.414. The maximum absolute atomic E-state index is 11.0. The second-order valence-corrected chi connectivity index (χ2v) is 11.2. The molecular weight excluding hydrogens is 471 g/mol. The number of fused-ring (bicyclic) bond motifs is 2. The predicted molar refractivity (Wildman–Crippen MR) is 147 cm³/mol. The van der Waals surface area contributed by atoms with Crippen molar-refractivity contribution >= 4 is 25.3 Å². The molecule has 2 aromatic rings. The minimum absolute atomic E-state index is 0.145. The monoisotopic (exact) mass is 509 g/mol. The van der Waals surface area contributed by atoms with Crippen molar-refractivity contribution in [3.63, 3.8) is 0 Å². The number of aliphatic hydroxyl groups is 1. The van der Waals surface area contributed by atoms with Crippen LogP contribution in [-0.2, 0) is 19.9 Å². The Labute approximate surface area is 215 Å². The molecule has 4 rings (SSSR count). The maximum atomic E-state index is 11.0. The lowest BCUT2D eigenvalue weighted by Crippen LogP contribution is -2.28. The fourth-order valence-corrected chi connectivity index (χ4v) is 5.92. The van der Waals surface area contributed by atoms with Crippen LogP contribution in [0.1, 0.15) is 51.7 Å². The minimum atomic E-state index is -2.91. The third kappa shape index (κ3) is 5.01. The van der Waals surface area contributed by atoms with Gasteiger partial charge in [-0.25, -0.2) is 0 Å².